The lowest BCUT2D eigenvalue weighted by Gasteiger charge is -2.38. The number of carbonyl (C=O) groups is 3. The second-order valence-electron chi connectivity index (χ2n) is 13.9. The Balaban J connectivity index is 0.00000135. The number of carbonyl (C=O) groups excluding carboxylic acids is 2. The van der Waals surface area contributed by atoms with Crippen molar-refractivity contribution in [1.29, 1.82) is 0 Å². The van der Waals surface area contributed by atoms with Gasteiger partial charge in [-0.2, -0.15) is 13.2 Å². The van der Waals surface area contributed by atoms with Gasteiger partial charge in [-0.1, -0.05) is 72.6 Å². The van der Waals surface area contributed by atoms with Crippen LogP contribution in [0.2, 0.25) is 0 Å². The number of benzene rings is 1. The van der Waals surface area contributed by atoms with Gasteiger partial charge in [0.15, 0.2) is 0 Å². The highest BCUT2D eigenvalue weighted by atomic mass is 19.4. The molecule has 1 aromatic rings. The first-order valence-electron chi connectivity index (χ1n) is 16.8. The monoisotopic (exact) mass is 657 g/mol. The topological polar surface area (TPSA) is 116 Å². The number of nitrogens with two attached hydrogens (primary N) is 1. The van der Waals surface area contributed by atoms with Crippen LogP contribution in [0.25, 0.3) is 0 Å². The molecule has 0 saturated carbocycles. The van der Waals surface area contributed by atoms with Crippen molar-refractivity contribution < 1.29 is 42.1 Å². The van der Waals surface area contributed by atoms with E-state index in [9.17, 15) is 22.8 Å². The summed E-state index contributed by atoms with van der Waals surface area (Å²) in [4.78, 5) is 32.8. The van der Waals surface area contributed by atoms with E-state index in [1.54, 1.807) is 0 Å². The Morgan fingerprint density at radius 1 is 0.891 bits per heavy atom. The van der Waals surface area contributed by atoms with Crippen LogP contribution in [-0.2, 0) is 20.8 Å². The number of fused-ring (bicyclic) bond motifs is 1. The van der Waals surface area contributed by atoms with E-state index >= 15 is 0 Å². The van der Waals surface area contributed by atoms with E-state index in [-0.39, 0.29) is 30.8 Å². The summed E-state index contributed by atoms with van der Waals surface area (Å²) in [6.45, 7) is 17.7. The van der Waals surface area contributed by atoms with Crippen molar-refractivity contribution in [3.63, 3.8) is 0 Å². The highest BCUT2D eigenvalue weighted by molar-refractivity contribution is 5.85. The average Bonchev–Trinajstić information content (AvgIpc) is 2.96. The molecule has 1 aliphatic rings. The highest BCUT2D eigenvalue weighted by Gasteiger charge is 2.38. The van der Waals surface area contributed by atoms with Crippen LogP contribution in [0.15, 0.2) is 0 Å². The van der Waals surface area contributed by atoms with E-state index in [0.29, 0.717) is 5.75 Å². The molecule has 2 rings (SSSR count). The van der Waals surface area contributed by atoms with E-state index in [1.807, 2.05) is 13.8 Å². The lowest BCUT2D eigenvalue weighted by Crippen LogP contribution is -2.37. The number of ether oxygens (including phenoxy) is 2. The zero-order valence-electron chi connectivity index (χ0n) is 29.3. The predicted molar refractivity (Wildman–Crippen MR) is 175 cm³/mol. The van der Waals surface area contributed by atoms with Crippen LogP contribution in [-0.4, -0.2) is 41.2 Å². The zero-order valence-corrected chi connectivity index (χ0v) is 29.3. The van der Waals surface area contributed by atoms with Crippen LogP contribution < -0.4 is 15.2 Å². The minimum absolute atomic E-state index is 0.0454. The van der Waals surface area contributed by atoms with E-state index in [1.165, 1.54) is 51.4 Å². The summed E-state index contributed by atoms with van der Waals surface area (Å²) in [5.74, 6) is 0.743. The molecule has 0 amide bonds. The normalized spacial score (nSPS) is 17.3. The van der Waals surface area contributed by atoms with Crippen molar-refractivity contribution in [3.05, 3.63) is 22.3 Å². The Kier molecular flexibility index (Phi) is 17.3. The predicted octanol–water partition coefficient (Wildman–Crippen LogP) is 8.98. The van der Waals surface area contributed by atoms with Crippen LogP contribution in [0.3, 0.4) is 0 Å². The third-order valence-electron chi connectivity index (χ3n) is 9.13. The van der Waals surface area contributed by atoms with Gasteiger partial charge in [-0.15, -0.1) is 0 Å². The smallest absolute Gasteiger partial charge is 0.487 e. The summed E-state index contributed by atoms with van der Waals surface area (Å²) in [6, 6.07) is 0. The molecule has 3 atom stereocenters. The van der Waals surface area contributed by atoms with Gasteiger partial charge in [0.1, 0.15) is 22.9 Å². The fraction of sp³-hybridized carbons (Fsp3) is 0.750. The molecule has 0 aliphatic carbocycles. The van der Waals surface area contributed by atoms with E-state index in [0.717, 1.165) is 65.0 Å². The number of hydrogen-bond acceptors (Lipinski definition) is 6. The summed E-state index contributed by atoms with van der Waals surface area (Å²) in [5.41, 5.74) is 9.28. The number of alkyl halides is 3. The number of rotatable bonds is 17. The van der Waals surface area contributed by atoms with Gasteiger partial charge in [-0.05, 0) is 87.8 Å². The number of esters is 1. The van der Waals surface area contributed by atoms with E-state index in [4.69, 9.17) is 25.1 Å². The molecule has 1 heterocycles. The fourth-order valence-electron chi connectivity index (χ4n) is 5.92. The number of aliphatic carboxylic acids is 1. The maximum Gasteiger partial charge on any atom is 0.490 e. The Morgan fingerprint density at radius 2 is 1.41 bits per heavy atom. The van der Waals surface area contributed by atoms with Crippen LogP contribution in [0.1, 0.15) is 134 Å². The molecule has 10 heteroatoms. The van der Waals surface area contributed by atoms with Crippen molar-refractivity contribution in [2.75, 3.05) is 6.54 Å². The molecule has 0 aromatic heterocycles. The lowest BCUT2D eigenvalue weighted by molar-refractivity contribution is -0.192. The minimum atomic E-state index is -5.08. The summed E-state index contributed by atoms with van der Waals surface area (Å²) in [5, 5.41) is 7.12. The molecule has 1 aliphatic heterocycles. The SMILES string of the molecule is Cc1c(C)c2c(c(C)c1OC(=O)CCC(=O)CN)CC[C@@](C)(CCC[C@@H](C)CCC[C@@H](C)CCCC(C)C)O2.O=C(O)C(F)(F)F. The molecule has 264 valence electrons. The van der Waals surface area contributed by atoms with Crippen LogP contribution >= 0.6 is 0 Å². The number of hydrogen-bond donors (Lipinski definition) is 2. The van der Waals surface area contributed by atoms with E-state index < -0.39 is 18.1 Å². The van der Waals surface area contributed by atoms with Gasteiger partial charge in [-0.25, -0.2) is 4.79 Å². The molecule has 3 N–H and O–H groups in total. The van der Waals surface area contributed by atoms with Gasteiger partial charge < -0.3 is 20.3 Å². The summed E-state index contributed by atoms with van der Waals surface area (Å²) >= 11 is 0. The third kappa shape index (κ3) is 14.4. The van der Waals surface area contributed by atoms with Crippen LogP contribution in [0.4, 0.5) is 13.2 Å². The molecular weight excluding hydrogens is 599 g/mol. The standard InChI is InChI=1S/C34H57NO4.C2HF3O2/c1-23(2)12-9-13-24(3)14-10-15-25(4)16-11-20-34(8)21-19-30-28(7)32(26(5)27(6)33(30)39-34)38-31(37)18-17-29(36)22-35;3-2(4,5)1(6)7/h23-25H,9-22,35H2,1-8H3;(H,6,7)/t24-,25-,34+;/m0./s1. The molecule has 0 bridgehead atoms. The maximum atomic E-state index is 12.4. The van der Waals surface area contributed by atoms with Crippen molar-refractivity contribution >= 4 is 17.7 Å². The first-order chi connectivity index (χ1) is 21.3. The quantitative estimate of drug-likeness (QED) is 0.127. The Labute approximate surface area is 274 Å². The molecule has 0 saturated heterocycles. The lowest BCUT2D eigenvalue weighted by atomic mass is 9.83. The van der Waals surface area contributed by atoms with Crippen molar-refractivity contribution in [2.24, 2.45) is 23.5 Å². The van der Waals surface area contributed by atoms with Crippen LogP contribution in [0, 0.1) is 38.5 Å². The van der Waals surface area contributed by atoms with Gasteiger partial charge in [0.05, 0.1) is 13.0 Å². The summed E-state index contributed by atoms with van der Waals surface area (Å²) in [7, 11) is 0. The number of carboxylic acid groups (broad SMARTS) is 1. The third-order valence-corrected chi connectivity index (χ3v) is 9.13. The molecule has 0 spiro atoms. The van der Waals surface area contributed by atoms with Crippen molar-refractivity contribution in [2.45, 2.75) is 151 Å². The number of ketones is 1. The number of Topliss-reactive ketones (excluding diaryl/α,β-unsaturated/α-hetero) is 1. The first kappa shape index (κ1) is 41.4. The van der Waals surface area contributed by atoms with Crippen molar-refractivity contribution in [1.82, 2.24) is 0 Å². The van der Waals surface area contributed by atoms with Crippen molar-refractivity contribution in [3.8, 4) is 11.5 Å². The van der Waals surface area contributed by atoms with E-state index in [2.05, 4.69) is 41.5 Å². The van der Waals surface area contributed by atoms with Gasteiger partial charge in [-0.3, -0.25) is 9.59 Å². The molecule has 0 unspecified atom stereocenters. The Bertz CT molecular complexity index is 1150. The number of halogens is 3. The average molecular weight is 658 g/mol. The van der Waals surface area contributed by atoms with Gasteiger partial charge in [0, 0.05) is 12.0 Å². The Hall–Kier alpha value is -2.62. The molecule has 7 nitrogen and oxygen atoms in total. The largest absolute Gasteiger partial charge is 0.490 e. The minimum Gasteiger partial charge on any atom is -0.487 e. The van der Waals surface area contributed by atoms with Gasteiger partial charge >= 0.3 is 18.1 Å². The second-order valence-corrected chi connectivity index (χ2v) is 13.9. The van der Waals surface area contributed by atoms with Gasteiger partial charge in [0.25, 0.3) is 0 Å². The second kappa shape index (κ2) is 19.3. The zero-order chi connectivity index (χ0) is 35.2. The molecule has 0 fully saturated rings. The molecule has 1 aromatic carbocycles. The highest BCUT2D eigenvalue weighted by Crippen LogP contribution is 2.45. The van der Waals surface area contributed by atoms with Crippen LogP contribution in [0.5, 0.6) is 11.5 Å². The summed E-state index contributed by atoms with van der Waals surface area (Å²) in [6.07, 6.45) is 8.61. The fourth-order valence-corrected chi connectivity index (χ4v) is 5.92. The maximum absolute atomic E-state index is 12.4. The van der Waals surface area contributed by atoms with Gasteiger partial charge in [0.2, 0.25) is 0 Å². The number of carboxylic acids is 1. The first-order valence-corrected chi connectivity index (χ1v) is 16.8. The molecule has 0 radical (unpaired) electrons. The molecular formula is C36H58F3NO6. The molecule has 46 heavy (non-hydrogen) atoms. The Morgan fingerprint density at radius 3 is 1.91 bits per heavy atom. The summed E-state index contributed by atoms with van der Waals surface area (Å²) < 4.78 is 44.2.